The summed E-state index contributed by atoms with van der Waals surface area (Å²) in [6.45, 7) is 2.13. The number of aromatic amines is 1. The second-order valence-electron chi connectivity index (χ2n) is 3.44. The quantitative estimate of drug-likeness (QED) is 0.787. The van der Waals surface area contributed by atoms with E-state index in [0.717, 1.165) is 17.5 Å². The van der Waals surface area contributed by atoms with Gasteiger partial charge in [-0.05, 0) is 17.5 Å². The third-order valence-electron chi connectivity index (χ3n) is 2.54. The van der Waals surface area contributed by atoms with Crippen molar-refractivity contribution in [3.05, 3.63) is 47.8 Å². The van der Waals surface area contributed by atoms with Crippen LogP contribution in [0.4, 0.5) is 0 Å². The van der Waals surface area contributed by atoms with E-state index >= 15 is 0 Å². The highest BCUT2D eigenvalue weighted by atomic mass is 14.6. The van der Waals surface area contributed by atoms with E-state index in [9.17, 15) is 0 Å². The van der Waals surface area contributed by atoms with Crippen molar-refractivity contribution < 1.29 is 0 Å². The lowest BCUT2D eigenvalue weighted by Gasteiger charge is -2.00. The SMILES string of the molecule is CCc1ccc(-c2c[nH]cc2C#N)cc1. The molecule has 1 aromatic carbocycles. The third-order valence-corrected chi connectivity index (χ3v) is 2.54. The van der Waals surface area contributed by atoms with Gasteiger partial charge in [0.15, 0.2) is 0 Å². The van der Waals surface area contributed by atoms with Crippen LogP contribution >= 0.6 is 0 Å². The number of hydrogen-bond donors (Lipinski definition) is 1. The molecule has 0 fully saturated rings. The lowest BCUT2D eigenvalue weighted by Crippen LogP contribution is -1.81. The summed E-state index contributed by atoms with van der Waals surface area (Å²) in [5, 5.41) is 8.90. The smallest absolute Gasteiger partial charge is 0.101 e. The fourth-order valence-corrected chi connectivity index (χ4v) is 1.62. The number of nitrogens with zero attached hydrogens (tertiary/aromatic N) is 1. The van der Waals surface area contributed by atoms with Gasteiger partial charge >= 0.3 is 0 Å². The zero-order valence-corrected chi connectivity index (χ0v) is 8.62. The van der Waals surface area contributed by atoms with Crippen LogP contribution < -0.4 is 0 Å². The maximum atomic E-state index is 8.90. The van der Waals surface area contributed by atoms with Crippen LogP contribution in [0.5, 0.6) is 0 Å². The largest absolute Gasteiger partial charge is 0.366 e. The third kappa shape index (κ3) is 1.77. The van der Waals surface area contributed by atoms with E-state index in [1.165, 1.54) is 5.56 Å². The van der Waals surface area contributed by atoms with Crippen LogP contribution in [-0.4, -0.2) is 4.98 Å². The Morgan fingerprint density at radius 1 is 1.20 bits per heavy atom. The van der Waals surface area contributed by atoms with Crippen LogP contribution in [0.3, 0.4) is 0 Å². The van der Waals surface area contributed by atoms with Crippen molar-refractivity contribution in [3.8, 4) is 17.2 Å². The standard InChI is InChI=1S/C13H12N2/c1-2-10-3-5-11(6-4-10)13-9-15-8-12(13)7-14/h3-6,8-9,15H,2H2,1H3. The summed E-state index contributed by atoms with van der Waals surface area (Å²) in [7, 11) is 0. The summed E-state index contributed by atoms with van der Waals surface area (Å²) in [6, 6.07) is 10.5. The second-order valence-corrected chi connectivity index (χ2v) is 3.44. The summed E-state index contributed by atoms with van der Waals surface area (Å²) < 4.78 is 0. The average molecular weight is 196 g/mol. The molecule has 0 spiro atoms. The van der Waals surface area contributed by atoms with Crippen LogP contribution in [0.25, 0.3) is 11.1 Å². The van der Waals surface area contributed by atoms with E-state index < -0.39 is 0 Å². The van der Waals surface area contributed by atoms with Crippen molar-refractivity contribution in [2.24, 2.45) is 0 Å². The summed E-state index contributed by atoms with van der Waals surface area (Å²) >= 11 is 0. The van der Waals surface area contributed by atoms with Crippen molar-refractivity contribution in [1.29, 1.82) is 5.26 Å². The number of aromatic nitrogens is 1. The molecule has 2 aromatic rings. The number of nitrogens with one attached hydrogen (secondary N) is 1. The van der Waals surface area contributed by atoms with E-state index in [1.54, 1.807) is 6.20 Å². The molecule has 2 heteroatoms. The molecule has 1 aromatic heterocycles. The molecule has 0 atom stereocenters. The first-order valence-electron chi connectivity index (χ1n) is 5.01. The Labute approximate surface area is 89.2 Å². The van der Waals surface area contributed by atoms with Gasteiger partial charge in [0.1, 0.15) is 6.07 Å². The molecule has 0 saturated carbocycles. The first kappa shape index (κ1) is 9.54. The minimum Gasteiger partial charge on any atom is -0.366 e. The summed E-state index contributed by atoms with van der Waals surface area (Å²) in [4.78, 5) is 2.95. The Bertz CT molecular complexity index is 486. The zero-order chi connectivity index (χ0) is 10.7. The molecular formula is C13H12N2. The van der Waals surface area contributed by atoms with Crippen molar-refractivity contribution >= 4 is 0 Å². The number of hydrogen-bond acceptors (Lipinski definition) is 1. The average Bonchev–Trinajstić information content (AvgIpc) is 2.77. The first-order valence-corrected chi connectivity index (χ1v) is 5.01. The normalized spacial score (nSPS) is 9.87. The molecule has 0 aliphatic rings. The highest BCUT2D eigenvalue weighted by molar-refractivity contribution is 5.69. The van der Waals surface area contributed by atoms with E-state index in [1.807, 2.05) is 6.20 Å². The molecule has 0 radical (unpaired) electrons. The van der Waals surface area contributed by atoms with E-state index in [0.29, 0.717) is 5.56 Å². The zero-order valence-electron chi connectivity index (χ0n) is 8.62. The van der Waals surface area contributed by atoms with Crippen LogP contribution in [0.1, 0.15) is 18.1 Å². The Hall–Kier alpha value is -2.01. The molecule has 0 amide bonds. The predicted octanol–water partition coefficient (Wildman–Crippen LogP) is 3.12. The molecule has 2 nitrogen and oxygen atoms in total. The summed E-state index contributed by atoms with van der Waals surface area (Å²) in [5.74, 6) is 0. The van der Waals surface area contributed by atoms with Gasteiger partial charge in [0.25, 0.3) is 0 Å². The number of nitriles is 1. The Kier molecular flexibility index (Phi) is 2.55. The maximum absolute atomic E-state index is 8.90. The van der Waals surface area contributed by atoms with Gasteiger partial charge in [0, 0.05) is 18.0 Å². The molecular weight excluding hydrogens is 184 g/mol. The molecule has 0 bridgehead atoms. The molecule has 74 valence electrons. The maximum Gasteiger partial charge on any atom is 0.101 e. The topological polar surface area (TPSA) is 39.6 Å². The lowest BCUT2D eigenvalue weighted by atomic mass is 10.0. The molecule has 0 saturated heterocycles. The molecule has 1 N–H and O–H groups in total. The summed E-state index contributed by atoms with van der Waals surface area (Å²) in [6.07, 6.45) is 4.63. The van der Waals surface area contributed by atoms with Crippen molar-refractivity contribution in [3.63, 3.8) is 0 Å². The van der Waals surface area contributed by atoms with Gasteiger partial charge in [-0.15, -0.1) is 0 Å². The van der Waals surface area contributed by atoms with Gasteiger partial charge in [0.2, 0.25) is 0 Å². The fraction of sp³-hybridized carbons (Fsp3) is 0.154. The number of H-pyrrole nitrogens is 1. The molecule has 0 aliphatic heterocycles. The monoisotopic (exact) mass is 196 g/mol. The van der Waals surface area contributed by atoms with Crippen molar-refractivity contribution in [2.75, 3.05) is 0 Å². The molecule has 1 heterocycles. The second kappa shape index (κ2) is 4.02. The van der Waals surface area contributed by atoms with Crippen LogP contribution in [-0.2, 0) is 6.42 Å². The van der Waals surface area contributed by atoms with Gasteiger partial charge in [-0.3, -0.25) is 0 Å². The molecule has 0 unspecified atom stereocenters. The number of benzene rings is 1. The van der Waals surface area contributed by atoms with E-state index in [-0.39, 0.29) is 0 Å². The van der Waals surface area contributed by atoms with Gasteiger partial charge in [-0.2, -0.15) is 5.26 Å². The Morgan fingerprint density at radius 3 is 2.53 bits per heavy atom. The van der Waals surface area contributed by atoms with Gasteiger partial charge in [-0.25, -0.2) is 0 Å². The number of rotatable bonds is 2. The van der Waals surface area contributed by atoms with Crippen molar-refractivity contribution in [2.45, 2.75) is 13.3 Å². The summed E-state index contributed by atoms with van der Waals surface area (Å²) in [5.41, 5.74) is 4.07. The highest BCUT2D eigenvalue weighted by Crippen LogP contribution is 2.23. The van der Waals surface area contributed by atoms with Gasteiger partial charge in [-0.1, -0.05) is 31.2 Å². The van der Waals surface area contributed by atoms with E-state index in [2.05, 4.69) is 42.2 Å². The Morgan fingerprint density at radius 2 is 1.93 bits per heavy atom. The number of aryl methyl sites for hydroxylation is 1. The first-order chi connectivity index (χ1) is 7.35. The molecule has 2 rings (SSSR count). The minimum atomic E-state index is 0.694. The predicted molar refractivity (Wildman–Crippen MR) is 60.3 cm³/mol. The van der Waals surface area contributed by atoms with Crippen LogP contribution in [0, 0.1) is 11.3 Å². The molecule has 0 aliphatic carbocycles. The van der Waals surface area contributed by atoms with Crippen LogP contribution in [0.15, 0.2) is 36.7 Å². The van der Waals surface area contributed by atoms with Crippen molar-refractivity contribution in [1.82, 2.24) is 4.98 Å². The molecule has 15 heavy (non-hydrogen) atoms. The minimum absolute atomic E-state index is 0.694. The highest BCUT2D eigenvalue weighted by Gasteiger charge is 2.04. The van der Waals surface area contributed by atoms with Crippen LogP contribution in [0.2, 0.25) is 0 Å². The fourth-order valence-electron chi connectivity index (χ4n) is 1.62. The van der Waals surface area contributed by atoms with Gasteiger partial charge < -0.3 is 4.98 Å². The Balaban J connectivity index is 2.42. The van der Waals surface area contributed by atoms with E-state index in [4.69, 9.17) is 5.26 Å². The lowest BCUT2D eigenvalue weighted by molar-refractivity contribution is 1.14. The van der Waals surface area contributed by atoms with Gasteiger partial charge in [0.05, 0.1) is 5.56 Å².